The van der Waals surface area contributed by atoms with Gasteiger partial charge in [-0.25, -0.2) is 9.97 Å². The van der Waals surface area contributed by atoms with Crippen LogP contribution in [-0.2, 0) is 4.79 Å². The first kappa shape index (κ1) is 18.5. The van der Waals surface area contributed by atoms with Gasteiger partial charge in [0.15, 0.2) is 5.16 Å². The van der Waals surface area contributed by atoms with E-state index < -0.39 is 0 Å². The second-order valence-electron chi connectivity index (χ2n) is 6.33. The Hall–Kier alpha value is -1.88. The van der Waals surface area contributed by atoms with Gasteiger partial charge < -0.3 is 5.32 Å². The van der Waals surface area contributed by atoms with E-state index in [1.165, 1.54) is 17.3 Å². The van der Waals surface area contributed by atoms with Crippen molar-refractivity contribution in [2.75, 3.05) is 5.32 Å². The molecular weight excluding hydrogens is 318 g/mol. The van der Waals surface area contributed by atoms with E-state index in [-0.39, 0.29) is 11.2 Å². The molecule has 1 atom stereocenters. The van der Waals surface area contributed by atoms with E-state index in [4.69, 9.17) is 0 Å². The van der Waals surface area contributed by atoms with Gasteiger partial charge in [0.2, 0.25) is 5.91 Å². The molecule has 0 saturated carbocycles. The van der Waals surface area contributed by atoms with E-state index in [1.54, 1.807) is 0 Å². The number of aromatic nitrogens is 2. The molecule has 0 bridgehead atoms. The fourth-order valence-electron chi connectivity index (χ4n) is 2.61. The lowest BCUT2D eigenvalue weighted by molar-refractivity contribution is -0.115. The van der Waals surface area contributed by atoms with Crippen LogP contribution in [-0.4, -0.2) is 21.1 Å². The third-order valence-corrected chi connectivity index (χ3v) is 5.15. The molecule has 24 heavy (non-hydrogen) atoms. The fourth-order valence-corrected chi connectivity index (χ4v) is 3.47. The molecule has 0 fully saturated rings. The van der Waals surface area contributed by atoms with Crippen LogP contribution in [0.2, 0.25) is 0 Å². The third kappa shape index (κ3) is 4.15. The lowest BCUT2D eigenvalue weighted by Crippen LogP contribution is -2.23. The highest BCUT2D eigenvalue weighted by molar-refractivity contribution is 8.00. The number of thioether (sulfide) groups is 1. The summed E-state index contributed by atoms with van der Waals surface area (Å²) in [4.78, 5) is 21.5. The minimum Gasteiger partial charge on any atom is -0.325 e. The first-order valence-corrected chi connectivity index (χ1v) is 8.94. The topological polar surface area (TPSA) is 54.9 Å². The Morgan fingerprint density at radius 1 is 1.00 bits per heavy atom. The van der Waals surface area contributed by atoms with Gasteiger partial charge >= 0.3 is 0 Å². The standard InChI is InChI=1S/C19H25N3OS/c1-10-8-11(2)17(12(3)9-10)22-18(23)16(7)24-19-20-14(5)13(4)15(6)21-19/h8-9,16H,1-7H3,(H,22,23)/t16-/m0/s1. The van der Waals surface area contributed by atoms with Crippen molar-refractivity contribution < 1.29 is 4.79 Å². The molecular formula is C19H25N3OS. The highest BCUT2D eigenvalue weighted by Gasteiger charge is 2.18. The number of benzene rings is 1. The smallest absolute Gasteiger partial charge is 0.237 e. The lowest BCUT2D eigenvalue weighted by Gasteiger charge is -2.16. The van der Waals surface area contributed by atoms with Crippen LogP contribution in [0.15, 0.2) is 17.3 Å². The van der Waals surface area contributed by atoms with Crippen LogP contribution >= 0.6 is 11.8 Å². The number of anilines is 1. The number of carbonyl (C=O) groups is 1. The quantitative estimate of drug-likeness (QED) is 0.658. The number of amides is 1. The molecule has 1 aromatic heterocycles. The van der Waals surface area contributed by atoms with E-state index >= 15 is 0 Å². The molecule has 0 saturated heterocycles. The summed E-state index contributed by atoms with van der Waals surface area (Å²) < 4.78 is 0. The minimum atomic E-state index is -0.272. The SMILES string of the molecule is Cc1cc(C)c(NC(=O)[C@H](C)Sc2nc(C)c(C)c(C)n2)c(C)c1. The van der Waals surface area contributed by atoms with Gasteiger partial charge in [0, 0.05) is 17.1 Å². The molecule has 0 spiro atoms. The Kier molecular flexibility index (Phi) is 5.65. The van der Waals surface area contributed by atoms with Gasteiger partial charge in [-0.1, -0.05) is 29.5 Å². The first-order valence-electron chi connectivity index (χ1n) is 8.06. The molecule has 2 aromatic rings. The fraction of sp³-hybridized carbons (Fsp3) is 0.421. The summed E-state index contributed by atoms with van der Waals surface area (Å²) in [5.74, 6) is -0.0328. The van der Waals surface area contributed by atoms with E-state index in [1.807, 2.05) is 41.5 Å². The summed E-state index contributed by atoms with van der Waals surface area (Å²) in [7, 11) is 0. The Morgan fingerprint density at radius 2 is 1.50 bits per heavy atom. The Bertz CT molecular complexity index is 740. The number of nitrogens with zero attached hydrogens (tertiary/aromatic N) is 2. The molecule has 1 N–H and O–H groups in total. The Balaban J connectivity index is 2.13. The van der Waals surface area contributed by atoms with Crippen molar-refractivity contribution in [2.24, 2.45) is 0 Å². The molecule has 0 aliphatic carbocycles. The van der Waals surface area contributed by atoms with Crippen molar-refractivity contribution in [3.05, 3.63) is 45.8 Å². The molecule has 0 aliphatic heterocycles. The van der Waals surface area contributed by atoms with Crippen LogP contribution in [0.4, 0.5) is 5.69 Å². The monoisotopic (exact) mass is 343 g/mol. The Labute approximate surface area is 148 Å². The molecule has 128 valence electrons. The van der Waals surface area contributed by atoms with Gasteiger partial charge in [-0.05, 0) is 65.2 Å². The van der Waals surface area contributed by atoms with Gasteiger partial charge in [-0.2, -0.15) is 0 Å². The van der Waals surface area contributed by atoms with Crippen LogP contribution < -0.4 is 5.32 Å². The van der Waals surface area contributed by atoms with Crippen molar-refractivity contribution in [1.29, 1.82) is 0 Å². The van der Waals surface area contributed by atoms with Gasteiger partial charge in [0.25, 0.3) is 0 Å². The second kappa shape index (κ2) is 7.34. The molecule has 5 heteroatoms. The van der Waals surface area contributed by atoms with Crippen LogP contribution in [0.1, 0.15) is 40.6 Å². The lowest BCUT2D eigenvalue weighted by atomic mass is 10.1. The van der Waals surface area contributed by atoms with Crippen LogP contribution in [0, 0.1) is 41.5 Å². The number of hydrogen-bond acceptors (Lipinski definition) is 4. The summed E-state index contributed by atoms with van der Waals surface area (Å²) in [5.41, 5.74) is 7.28. The summed E-state index contributed by atoms with van der Waals surface area (Å²) in [6.45, 7) is 13.9. The number of aryl methyl sites for hydroxylation is 5. The van der Waals surface area contributed by atoms with Gasteiger partial charge in [-0.15, -0.1) is 0 Å². The highest BCUT2D eigenvalue weighted by atomic mass is 32.2. The summed E-state index contributed by atoms with van der Waals surface area (Å²) in [5, 5.41) is 3.43. The van der Waals surface area contributed by atoms with Crippen LogP contribution in [0.5, 0.6) is 0 Å². The maximum atomic E-state index is 12.6. The zero-order valence-corrected chi connectivity index (χ0v) is 16.3. The van der Waals surface area contributed by atoms with Gasteiger partial charge in [0.05, 0.1) is 5.25 Å². The zero-order valence-electron chi connectivity index (χ0n) is 15.4. The summed E-state index contributed by atoms with van der Waals surface area (Å²) >= 11 is 1.39. The molecule has 2 rings (SSSR count). The molecule has 0 radical (unpaired) electrons. The number of rotatable bonds is 4. The van der Waals surface area contributed by atoms with Gasteiger partial charge in [-0.3, -0.25) is 4.79 Å². The molecule has 0 unspecified atom stereocenters. The molecule has 0 aliphatic rings. The molecule has 1 heterocycles. The van der Waals surface area contributed by atoms with E-state index in [0.717, 1.165) is 33.8 Å². The Morgan fingerprint density at radius 3 is 2.00 bits per heavy atom. The number of carbonyl (C=O) groups excluding carboxylic acids is 1. The van der Waals surface area contributed by atoms with Crippen LogP contribution in [0.3, 0.4) is 0 Å². The highest BCUT2D eigenvalue weighted by Crippen LogP contribution is 2.26. The average Bonchev–Trinajstić information content (AvgIpc) is 2.48. The normalized spacial score (nSPS) is 12.1. The third-order valence-electron chi connectivity index (χ3n) is 4.19. The molecule has 1 aromatic carbocycles. The van der Waals surface area contributed by atoms with Crippen molar-refractivity contribution >= 4 is 23.4 Å². The molecule has 4 nitrogen and oxygen atoms in total. The predicted molar refractivity (Wildman–Crippen MR) is 101 cm³/mol. The van der Waals surface area contributed by atoms with E-state index in [2.05, 4.69) is 34.3 Å². The predicted octanol–water partition coefficient (Wildman–Crippen LogP) is 4.45. The largest absolute Gasteiger partial charge is 0.325 e. The van der Waals surface area contributed by atoms with Gasteiger partial charge in [0.1, 0.15) is 0 Å². The van der Waals surface area contributed by atoms with Crippen molar-refractivity contribution in [1.82, 2.24) is 9.97 Å². The van der Waals surface area contributed by atoms with E-state index in [9.17, 15) is 4.79 Å². The maximum absolute atomic E-state index is 12.6. The minimum absolute atomic E-state index is 0.0328. The van der Waals surface area contributed by atoms with Crippen molar-refractivity contribution in [2.45, 2.75) is 58.9 Å². The maximum Gasteiger partial charge on any atom is 0.237 e. The molecule has 1 amide bonds. The van der Waals surface area contributed by atoms with Crippen LogP contribution in [0.25, 0.3) is 0 Å². The summed E-state index contributed by atoms with van der Waals surface area (Å²) in [6.07, 6.45) is 0. The second-order valence-corrected chi connectivity index (χ2v) is 7.63. The van der Waals surface area contributed by atoms with Crippen molar-refractivity contribution in [3.8, 4) is 0 Å². The zero-order chi connectivity index (χ0) is 18.0. The average molecular weight is 343 g/mol. The number of nitrogens with one attached hydrogen (secondary N) is 1. The van der Waals surface area contributed by atoms with Crippen molar-refractivity contribution in [3.63, 3.8) is 0 Å². The first-order chi connectivity index (χ1) is 11.2. The number of hydrogen-bond donors (Lipinski definition) is 1. The summed E-state index contributed by atoms with van der Waals surface area (Å²) in [6, 6.07) is 4.16. The van der Waals surface area contributed by atoms with E-state index in [0.29, 0.717) is 5.16 Å².